The van der Waals surface area contributed by atoms with Gasteiger partial charge in [0.25, 0.3) is 0 Å². The van der Waals surface area contributed by atoms with Crippen molar-refractivity contribution >= 4 is 23.3 Å². The summed E-state index contributed by atoms with van der Waals surface area (Å²) in [7, 11) is 0. The quantitative estimate of drug-likeness (QED) is 0.772. The van der Waals surface area contributed by atoms with E-state index in [0.29, 0.717) is 16.0 Å². The van der Waals surface area contributed by atoms with Gasteiger partial charge in [0.05, 0.1) is 4.91 Å². The fraction of sp³-hybridized carbons (Fsp3) is 0.158. The first-order chi connectivity index (χ1) is 10.8. The predicted octanol–water partition coefficient (Wildman–Crippen LogP) is 4.32. The van der Waals surface area contributed by atoms with E-state index in [-0.39, 0.29) is 11.6 Å². The fourth-order valence-electron chi connectivity index (χ4n) is 2.50. The van der Waals surface area contributed by atoms with Crippen LogP contribution in [-0.2, 0) is 6.42 Å². The third-order valence-corrected chi connectivity index (χ3v) is 4.74. The van der Waals surface area contributed by atoms with Crippen molar-refractivity contribution in [3.05, 3.63) is 82.3 Å². The highest BCUT2D eigenvalue weighted by atomic mass is 32.2. The molecule has 0 unspecified atom stereocenters. The van der Waals surface area contributed by atoms with Gasteiger partial charge in [-0.15, -0.1) is 11.8 Å². The zero-order valence-electron chi connectivity index (χ0n) is 12.1. The maximum absolute atomic E-state index is 12.4. The molecule has 0 aromatic heterocycles. The van der Waals surface area contributed by atoms with Gasteiger partial charge in [-0.1, -0.05) is 54.6 Å². The van der Waals surface area contributed by atoms with Crippen molar-refractivity contribution in [3.8, 4) is 0 Å². The van der Waals surface area contributed by atoms with E-state index in [1.165, 1.54) is 23.4 Å². The van der Waals surface area contributed by atoms with Gasteiger partial charge >= 0.3 is 0 Å². The Kier molecular flexibility index (Phi) is 4.54. The van der Waals surface area contributed by atoms with Gasteiger partial charge in [-0.3, -0.25) is 9.59 Å². The van der Waals surface area contributed by atoms with Gasteiger partial charge in [0.2, 0.25) is 0 Å². The largest absolute Gasteiger partial charge is 0.289 e. The Morgan fingerprint density at radius 2 is 1.50 bits per heavy atom. The average Bonchev–Trinajstić information content (AvgIpc) is 2.57. The number of rotatable bonds is 5. The summed E-state index contributed by atoms with van der Waals surface area (Å²) in [4.78, 5) is 25.0. The lowest BCUT2D eigenvalue weighted by atomic mass is 9.95. The van der Waals surface area contributed by atoms with Crippen LogP contribution < -0.4 is 0 Å². The Labute approximate surface area is 134 Å². The SMILES string of the molecule is O=C1C=C(SCCCc2ccccc2)C(=O)c2ccccc21. The minimum atomic E-state index is -0.0687. The molecule has 0 heterocycles. The van der Waals surface area contributed by atoms with Crippen molar-refractivity contribution in [2.24, 2.45) is 0 Å². The molecule has 0 bridgehead atoms. The first-order valence-electron chi connectivity index (χ1n) is 7.32. The molecule has 110 valence electrons. The highest BCUT2D eigenvalue weighted by Gasteiger charge is 2.24. The highest BCUT2D eigenvalue weighted by Crippen LogP contribution is 2.28. The predicted molar refractivity (Wildman–Crippen MR) is 90.4 cm³/mol. The van der Waals surface area contributed by atoms with Crippen molar-refractivity contribution in [2.75, 3.05) is 5.75 Å². The van der Waals surface area contributed by atoms with E-state index in [9.17, 15) is 9.59 Å². The Balaban J connectivity index is 1.60. The number of benzene rings is 2. The van der Waals surface area contributed by atoms with Gasteiger partial charge in [-0.25, -0.2) is 0 Å². The molecule has 0 radical (unpaired) electrons. The molecule has 3 rings (SSSR count). The van der Waals surface area contributed by atoms with Crippen LogP contribution in [-0.4, -0.2) is 17.3 Å². The third-order valence-electron chi connectivity index (χ3n) is 3.63. The lowest BCUT2D eigenvalue weighted by Crippen LogP contribution is -2.15. The molecule has 0 fully saturated rings. The number of ketones is 2. The van der Waals surface area contributed by atoms with Crippen molar-refractivity contribution < 1.29 is 9.59 Å². The number of carbonyl (C=O) groups is 2. The first-order valence-corrected chi connectivity index (χ1v) is 8.31. The maximum Gasteiger partial charge on any atom is 0.200 e. The number of aryl methyl sites for hydroxylation is 1. The summed E-state index contributed by atoms with van der Waals surface area (Å²) in [6.07, 6.45) is 3.45. The van der Waals surface area contributed by atoms with Crippen LogP contribution in [0.15, 0.2) is 65.6 Å². The van der Waals surface area contributed by atoms with Crippen LogP contribution in [0.3, 0.4) is 0 Å². The second-order valence-electron chi connectivity index (χ2n) is 5.19. The number of fused-ring (bicyclic) bond motifs is 1. The molecular weight excluding hydrogens is 292 g/mol. The molecular formula is C19H16O2S. The van der Waals surface area contributed by atoms with Crippen LogP contribution in [0.4, 0.5) is 0 Å². The van der Waals surface area contributed by atoms with E-state index in [4.69, 9.17) is 0 Å². The molecule has 2 aromatic rings. The summed E-state index contributed by atoms with van der Waals surface area (Å²) < 4.78 is 0. The molecule has 0 saturated heterocycles. The zero-order chi connectivity index (χ0) is 15.4. The Bertz CT molecular complexity index is 732. The monoisotopic (exact) mass is 308 g/mol. The summed E-state index contributed by atoms with van der Waals surface area (Å²) in [5.74, 6) is 0.739. The molecule has 0 saturated carbocycles. The van der Waals surface area contributed by atoms with Crippen molar-refractivity contribution in [1.29, 1.82) is 0 Å². The Hall–Kier alpha value is -2.13. The normalized spacial score (nSPS) is 13.7. The molecule has 0 N–H and O–H groups in total. The molecule has 0 amide bonds. The van der Waals surface area contributed by atoms with Crippen LogP contribution in [0, 0.1) is 0 Å². The van der Waals surface area contributed by atoms with Crippen molar-refractivity contribution in [1.82, 2.24) is 0 Å². The highest BCUT2D eigenvalue weighted by molar-refractivity contribution is 8.04. The lowest BCUT2D eigenvalue weighted by molar-refractivity contribution is 0.0991. The fourth-order valence-corrected chi connectivity index (χ4v) is 3.44. The van der Waals surface area contributed by atoms with Gasteiger partial charge in [0.15, 0.2) is 11.6 Å². The number of carbonyl (C=O) groups excluding carboxylic acids is 2. The Morgan fingerprint density at radius 3 is 2.27 bits per heavy atom. The lowest BCUT2D eigenvalue weighted by Gasteiger charge is -2.14. The van der Waals surface area contributed by atoms with E-state index in [1.807, 2.05) is 18.2 Å². The standard InChI is InChI=1S/C19H16O2S/c20-17-13-18(19(21)16-11-5-4-10-15(16)17)22-12-6-9-14-7-2-1-3-8-14/h1-5,7-8,10-11,13H,6,9,12H2. The van der Waals surface area contributed by atoms with Crippen molar-refractivity contribution in [2.45, 2.75) is 12.8 Å². The van der Waals surface area contributed by atoms with Gasteiger partial charge in [0.1, 0.15) is 0 Å². The molecule has 0 atom stereocenters. The molecule has 22 heavy (non-hydrogen) atoms. The molecule has 0 spiro atoms. The maximum atomic E-state index is 12.4. The molecule has 3 heteroatoms. The number of thioether (sulfide) groups is 1. The van der Waals surface area contributed by atoms with Crippen LogP contribution >= 0.6 is 11.8 Å². The second kappa shape index (κ2) is 6.75. The minimum Gasteiger partial charge on any atom is -0.289 e. The summed E-state index contributed by atoms with van der Waals surface area (Å²) in [6.45, 7) is 0. The van der Waals surface area contributed by atoms with E-state index in [2.05, 4.69) is 12.1 Å². The van der Waals surface area contributed by atoms with Crippen LogP contribution in [0.1, 0.15) is 32.7 Å². The van der Waals surface area contributed by atoms with Crippen LogP contribution in [0.25, 0.3) is 0 Å². The second-order valence-corrected chi connectivity index (χ2v) is 6.32. The zero-order valence-corrected chi connectivity index (χ0v) is 12.9. The molecule has 1 aliphatic carbocycles. The minimum absolute atomic E-state index is 0.0279. The summed E-state index contributed by atoms with van der Waals surface area (Å²) in [5, 5.41) is 0. The van der Waals surface area contributed by atoms with E-state index < -0.39 is 0 Å². The number of hydrogen-bond acceptors (Lipinski definition) is 3. The van der Waals surface area contributed by atoms with E-state index in [1.54, 1.807) is 24.3 Å². The van der Waals surface area contributed by atoms with Crippen LogP contribution in [0.5, 0.6) is 0 Å². The van der Waals surface area contributed by atoms with Gasteiger partial charge in [-0.2, -0.15) is 0 Å². The molecule has 1 aliphatic rings. The van der Waals surface area contributed by atoms with Gasteiger partial charge < -0.3 is 0 Å². The number of allylic oxidation sites excluding steroid dienone is 2. The van der Waals surface area contributed by atoms with E-state index >= 15 is 0 Å². The molecule has 0 aliphatic heterocycles. The molecule has 2 aromatic carbocycles. The first kappa shape index (κ1) is 14.8. The number of Topliss-reactive ketones (excluding diaryl/α,β-unsaturated/α-hetero) is 1. The number of hydrogen-bond donors (Lipinski definition) is 0. The van der Waals surface area contributed by atoms with Gasteiger partial charge in [-0.05, 0) is 24.2 Å². The summed E-state index contributed by atoms with van der Waals surface area (Å²) >= 11 is 1.48. The summed E-state index contributed by atoms with van der Waals surface area (Å²) in [6, 6.07) is 17.3. The molecule has 2 nitrogen and oxygen atoms in total. The average molecular weight is 308 g/mol. The topological polar surface area (TPSA) is 34.1 Å². The van der Waals surface area contributed by atoms with E-state index in [0.717, 1.165) is 18.6 Å². The Morgan fingerprint density at radius 1 is 0.818 bits per heavy atom. The smallest absolute Gasteiger partial charge is 0.200 e. The van der Waals surface area contributed by atoms with Gasteiger partial charge in [0, 0.05) is 17.2 Å². The van der Waals surface area contributed by atoms with Crippen LogP contribution in [0.2, 0.25) is 0 Å². The summed E-state index contributed by atoms with van der Waals surface area (Å²) in [5.41, 5.74) is 2.34. The van der Waals surface area contributed by atoms with Crippen molar-refractivity contribution in [3.63, 3.8) is 0 Å². The third kappa shape index (κ3) is 3.20.